The Hall–Kier alpha value is -2.22. The van der Waals surface area contributed by atoms with Gasteiger partial charge in [0.1, 0.15) is 24.5 Å². The van der Waals surface area contributed by atoms with E-state index in [1.807, 2.05) is 0 Å². The maximum absolute atomic E-state index is 10.2. The van der Waals surface area contributed by atoms with Crippen molar-refractivity contribution in [3.63, 3.8) is 0 Å². The van der Waals surface area contributed by atoms with Crippen molar-refractivity contribution < 1.29 is 23.6 Å². The summed E-state index contributed by atoms with van der Waals surface area (Å²) in [6.45, 7) is 1.25. The Morgan fingerprint density at radius 1 is 1.53 bits per heavy atom. The number of hydrogen-bond acceptors (Lipinski definition) is 7. The van der Waals surface area contributed by atoms with Crippen molar-refractivity contribution in [2.24, 2.45) is 0 Å². The molecule has 2 aromatic heterocycles. The number of aliphatic carboxylic acids is 1. The third kappa shape index (κ3) is 2.67. The van der Waals surface area contributed by atoms with Crippen LogP contribution in [0.5, 0.6) is 0 Å². The van der Waals surface area contributed by atoms with Crippen LogP contribution in [0.3, 0.4) is 0 Å². The molecule has 0 bridgehead atoms. The quantitative estimate of drug-likeness (QED) is 0.808. The highest BCUT2D eigenvalue weighted by molar-refractivity contribution is 5.67. The minimum absolute atomic E-state index is 0.0520. The predicted molar refractivity (Wildman–Crippen MR) is 51.8 cm³/mol. The van der Waals surface area contributed by atoms with E-state index in [-0.39, 0.29) is 18.4 Å². The fourth-order valence-corrected chi connectivity index (χ4v) is 1.15. The summed E-state index contributed by atoms with van der Waals surface area (Å²) in [5.74, 6) is -0.0363. The molecule has 2 aromatic rings. The van der Waals surface area contributed by atoms with Crippen molar-refractivity contribution in [1.29, 1.82) is 0 Å². The number of aryl methyl sites for hydroxylation is 1. The maximum Gasteiger partial charge on any atom is 0.329 e. The summed E-state index contributed by atoms with van der Waals surface area (Å²) in [4.78, 5) is 10.2. The van der Waals surface area contributed by atoms with Gasteiger partial charge in [-0.15, -0.1) is 10.2 Å². The van der Waals surface area contributed by atoms with Crippen LogP contribution in [-0.2, 0) is 16.1 Å². The molecule has 0 radical (unpaired) electrons. The number of carboxylic acids is 1. The summed E-state index contributed by atoms with van der Waals surface area (Å²) >= 11 is 0. The summed E-state index contributed by atoms with van der Waals surface area (Å²) in [7, 11) is 0. The second-order valence-electron chi connectivity index (χ2n) is 3.18. The summed E-state index contributed by atoms with van der Waals surface area (Å²) in [5.41, 5.74) is 0.599. The normalized spacial score (nSPS) is 10.6. The third-order valence-electron chi connectivity index (χ3n) is 1.90. The van der Waals surface area contributed by atoms with Crippen LogP contribution in [-0.4, -0.2) is 33.0 Å². The monoisotopic (exact) mass is 239 g/mol. The Labute approximate surface area is 95.2 Å². The van der Waals surface area contributed by atoms with Gasteiger partial charge in [0, 0.05) is 0 Å². The number of hydrogen-bond donors (Lipinski definition) is 1. The van der Waals surface area contributed by atoms with Gasteiger partial charge >= 0.3 is 5.97 Å². The minimum atomic E-state index is -1.06. The van der Waals surface area contributed by atoms with Gasteiger partial charge in [-0.2, -0.15) is 0 Å². The number of nitrogens with zero attached hydrogens (tertiary/aromatic N) is 3. The highest BCUT2D eigenvalue weighted by atomic mass is 16.5. The van der Waals surface area contributed by atoms with E-state index in [1.165, 1.54) is 6.20 Å². The number of carbonyl (C=O) groups is 1. The van der Waals surface area contributed by atoms with Crippen LogP contribution in [0.4, 0.5) is 0 Å². The lowest BCUT2D eigenvalue weighted by Crippen LogP contribution is -2.06. The topological polar surface area (TPSA) is 111 Å². The van der Waals surface area contributed by atoms with Crippen LogP contribution in [0.25, 0.3) is 11.5 Å². The van der Waals surface area contributed by atoms with Crippen molar-refractivity contribution in [3.05, 3.63) is 17.8 Å². The van der Waals surface area contributed by atoms with Crippen LogP contribution in [0.15, 0.2) is 15.1 Å². The second kappa shape index (κ2) is 4.74. The molecule has 90 valence electrons. The Morgan fingerprint density at radius 3 is 3.00 bits per heavy atom. The molecule has 17 heavy (non-hydrogen) atoms. The van der Waals surface area contributed by atoms with E-state index in [4.69, 9.17) is 18.8 Å². The molecule has 0 fully saturated rings. The van der Waals surface area contributed by atoms with Crippen molar-refractivity contribution in [1.82, 2.24) is 15.4 Å². The molecular weight excluding hydrogens is 230 g/mol. The summed E-state index contributed by atoms with van der Waals surface area (Å²) < 4.78 is 14.9. The summed E-state index contributed by atoms with van der Waals surface area (Å²) in [6, 6.07) is 0. The van der Waals surface area contributed by atoms with Gasteiger partial charge in [0.25, 0.3) is 5.89 Å². The number of aromatic nitrogens is 3. The van der Waals surface area contributed by atoms with Gasteiger partial charge in [-0.1, -0.05) is 5.16 Å². The first-order valence-corrected chi connectivity index (χ1v) is 4.70. The molecule has 0 aliphatic carbocycles. The molecule has 2 heterocycles. The Bertz CT molecular complexity index is 518. The molecule has 8 nitrogen and oxygen atoms in total. The number of rotatable bonds is 5. The van der Waals surface area contributed by atoms with Gasteiger partial charge in [0.15, 0.2) is 0 Å². The minimum Gasteiger partial charge on any atom is -0.480 e. The highest BCUT2D eigenvalue weighted by Crippen LogP contribution is 2.21. The average molecular weight is 239 g/mol. The Balaban J connectivity index is 2.01. The van der Waals surface area contributed by atoms with E-state index in [0.717, 1.165) is 0 Å². The molecular formula is C9H9N3O5. The molecule has 0 amide bonds. The zero-order chi connectivity index (χ0) is 12.3. The highest BCUT2D eigenvalue weighted by Gasteiger charge is 2.14. The van der Waals surface area contributed by atoms with Crippen molar-refractivity contribution in [2.45, 2.75) is 13.5 Å². The Kier molecular flexibility index (Phi) is 3.15. The summed E-state index contributed by atoms with van der Waals surface area (Å²) in [6.07, 6.45) is 1.46. The van der Waals surface area contributed by atoms with E-state index >= 15 is 0 Å². The van der Waals surface area contributed by atoms with Gasteiger partial charge in [-0.3, -0.25) is 0 Å². The van der Waals surface area contributed by atoms with E-state index in [1.54, 1.807) is 6.92 Å². The lowest BCUT2D eigenvalue weighted by Gasteiger charge is -1.94. The van der Waals surface area contributed by atoms with Gasteiger partial charge in [0.2, 0.25) is 5.89 Å². The zero-order valence-electron chi connectivity index (χ0n) is 8.91. The molecule has 0 saturated carbocycles. The average Bonchev–Trinajstić information content (AvgIpc) is 2.86. The molecule has 0 aliphatic heterocycles. The number of ether oxygens (including phenoxy) is 1. The smallest absolute Gasteiger partial charge is 0.329 e. The van der Waals surface area contributed by atoms with Crippen LogP contribution in [0.1, 0.15) is 11.7 Å². The number of carboxylic acid groups (broad SMARTS) is 1. The summed E-state index contributed by atoms with van der Waals surface area (Å²) in [5, 5.41) is 19.4. The molecule has 0 aromatic carbocycles. The fourth-order valence-electron chi connectivity index (χ4n) is 1.15. The van der Waals surface area contributed by atoms with Crippen LogP contribution >= 0.6 is 0 Å². The van der Waals surface area contributed by atoms with Gasteiger partial charge < -0.3 is 18.8 Å². The first kappa shape index (κ1) is 11.3. The second-order valence-corrected chi connectivity index (χ2v) is 3.18. The van der Waals surface area contributed by atoms with Crippen LogP contribution in [0.2, 0.25) is 0 Å². The molecule has 8 heteroatoms. The Morgan fingerprint density at radius 2 is 2.35 bits per heavy atom. The largest absolute Gasteiger partial charge is 0.480 e. The van der Waals surface area contributed by atoms with E-state index < -0.39 is 12.6 Å². The SMILES string of the molecule is Cc1oncc1-c1nnc(COCC(=O)O)o1. The van der Waals surface area contributed by atoms with E-state index in [2.05, 4.69) is 15.4 Å². The van der Waals surface area contributed by atoms with Crippen LogP contribution < -0.4 is 0 Å². The zero-order valence-corrected chi connectivity index (χ0v) is 8.91. The van der Waals surface area contributed by atoms with Gasteiger partial charge in [-0.05, 0) is 6.92 Å². The first-order chi connectivity index (χ1) is 8.16. The lowest BCUT2D eigenvalue weighted by molar-refractivity contribution is -0.142. The van der Waals surface area contributed by atoms with Gasteiger partial charge in [-0.25, -0.2) is 4.79 Å². The fraction of sp³-hybridized carbons (Fsp3) is 0.333. The molecule has 0 aliphatic rings. The standard InChI is InChI=1S/C9H9N3O5/c1-5-6(2-10-17-5)9-12-11-7(16-9)3-15-4-8(13)14/h2H,3-4H2,1H3,(H,13,14). The van der Waals surface area contributed by atoms with Gasteiger partial charge in [0.05, 0.1) is 6.20 Å². The maximum atomic E-state index is 10.2. The first-order valence-electron chi connectivity index (χ1n) is 4.70. The molecule has 0 saturated heterocycles. The molecule has 2 rings (SSSR count). The van der Waals surface area contributed by atoms with Crippen molar-refractivity contribution >= 4 is 5.97 Å². The molecule has 1 N–H and O–H groups in total. The predicted octanol–water partition coefficient (Wildman–Crippen LogP) is 0.634. The molecule has 0 spiro atoms. The third-order valence-corrected chi connectivity index (χ3v) is 1.90. The molecule has 0 unspecified atom stereocenters. The molecule has 0 atom stereocenters. The van der Waals surface area contributed by atoms with E-state index in [0.29, 0.717) is 11.3 Å². The van der Waals surface area contributed by atoms with Crippen molar-refractivity contribution in [3.8, 4) is 11.5 Å². The lowest BCUT2D eigenvalue weighted by atomic mass is 10.3. The van der Waals surface area contributed by atoms with Crippen molar-refractivity contribution in [2.75, 3.05) is 6.61 Å². The van der Waals surface area contributed by atoms with E-state index in [9.17, 15) is 4.79 Å². The van der Waals surface area contributed by atoms with Crippen LogP contribution in [0, 0.1) is 6.92 Å².